The Balaban J connectivity index is 4.46. The van der Waals surface area contributed by atoms with Crippen LogP contribution >= 0.6 is 7.82 Å². The first-order chi connectivity index (χ1) is 26.0. The van der Waals surface area contributed by atoms with Gasteiger partial charge in [0.25, 0.3) is 0 Å². The number of phosphoric ester groups is 1. The van der Waals surface area contributed by atoms with Gasteiger partial charge < -0.3 is 19.8 Å². The number of likely N-dealkylation sites (N-methyl/N-ethyl adjacent to an activating group) is 1. The molecule has 3 unspecified atom stereocenters. The van der Waals surface area contributed by atoms with E-state index in [-0.39, 0.29) is 19.1 Å². The third-order valence-electron chi connectivity index (χ3n) is 9.28. The van der Waals surface area contributed by atoms with Gasteiger partial charge in [-0.2, -0.15) is 0 Å². The largest absolute Gasteiger partial charge is 0.472 e. The van der Waals surface area contributed by atoms with Crippen molar-refractivity contribution in [1.29, 1.82) is 0 Å². The molecule has 0 aromatic heterocycles. The lowest BCUT2D eigenvalue weighted by atomic mass is 10.0. The Hall–Kier alpha value is -1.80. The summed E-state index contributed by atoms with van der Waals surface area (Å²) in [6, 6.07) is -0.779. The minimum atomic E-state index is -4.32. The summed E-state index contributed by atoms with van der Waals surface area (Å²) in [5, 5.41) is 13.9. The first kappa shape index (κ1) is 52.2. The number of unbranched alkanes of at least 4 members (excludes halogenated alkanes) is 15. The van der Waals surface area contributed by atoms with Crippen LogP contribution in [0.2, 0.25) is 0 Å². The maximum atomic E-state index is 12.9. The topological polar surface area (TPSA) is 105 Å². The van der Waals surface area contributed by atoms with Crippen molar-refractivity contribution in [1.82, 2.24) is 5.32 Å². The summed E-state index contributed by atoms with van der Waals surface area (Å²) in [5.41, 5.74) is 0. The zero-order valence-electron chi connectivity index (χ0n) is 35.4. The highest BCUT2D eigenvalue weighted by atomic mass is 31.2. The molecule has 0 aromatic carbocycles. The third-order valence-corrected chi connectivity index (χ3v) is 10.3. The summed E-state index contributed by atoms with van der Waals surface area (Å²) >= 11 is 0. The van der Waals surface area contributed by atoms with Crippen molar-refractivity contribution in [3.8, 4) is 0 Å². The van der Waals surface area contributed by atoms with E-state index in [1.165, 1.54) is 64.2 Å². The highest BCUT2D eigenvalue weighted by molar-refractivity contribution is 7.47. The SMILES string of the molecule is CC/C=C\C/C=C\C/C=C\C/C=C\C/C=C\CCCCCC(=O)NC(COP(=O)(O)OCC[N+](C)(C)C)C(O)CCCCCCCCCCCCCCC. The van der Waals surface area contributed by atoms with Gasteiger partial charge in [-0.25, -0.2) is 4.57 Å². The van der Waals surface area contributed by atoms with Gasteiger partial charge >= 0.3 is 7.82 Å². The molecule has 0 rings (SSSR count). The summed E-state index contributed by atoms with van der Waals surface area (Å²) in [6.07, 6.45) is 46.7. The van der Waals surface area contributed by atoms with Crippen molar-refractivity contribution in [2.45, 2.75) is 180 Å². The number of allylic oxidation sites excluding steroid dienone is 10. The average molecular weight is 780 g/mol. The molecular weight excluding hydrogens is 695 g/mol. The fourth-order valence-electron chi connectivity index (χ4n) is 5.84. The summed E-state index contributed by atoms with van der Waals surface area (Å²) < 4.78 is 23.6. The van der Waals surface area contributed by atoms with E-state index in [1.807, 2.05) is 21.1 Å². The minimum absolute atomic E-state index is 0.0649. The van der Waals surface area contributed by atoms with Gasteiger partial charge in [-0.15, -0.1) is 0 Å². The maximum absolute atomic E-state index is 12.9. The summed E-state index contributed by atoms with van der Waals surface area (Å²) in [6.45, 7) is 4.72. The third kappa shape index (κ3) is 38.5. The lowest BCUT2D eigenvalue weighted by Gasteiger charge is -2.26. The lowest BCUT2D eigenvalue weighted by molar-refractivity contribution is -0.870. The molecule has 1 amide bonds. The van der Waals surface area contributed by atoms with Crippen molar-refractivity contribution in [2.75, 3.05) is 40.9 Å². The second-order valence-electron chi connectivity index (χ2n) is 15.7. The van der Waals surface area contributed by atoms with Crippen molar-refractivity contribution < 1.29 is 32.9 Å². The van der Waals surface area contributed by atoms with E-state index in [0.717, 1.165) is 77.0 Å². The number of carbonyl (C=O) groups is 1. The number of quaternary nitrogens is 1. The number of hydrogen-bond donors (Lipinski definition) is 3. The van der Waals surface area contributed by atoms with Crippen LogP contribution in [0.15, 0.2) is 60.8 Å². The molecule has 0 radical (unpaired) electrons. The van der Waals surface area contributed by atoms with Crippen LogP contribution in [0.25, 0.3) is 0 Å². The molecule has 0 fully saturated rings. The maximum Gasteiger partial charge on any atom is 0.472 e. The van der Waals surface area contributed by atoms with Crippen LogP contribution in [0.3, 0.4) is 0 Å². The molecule has 0 spiro atoms. The van der Waals surface area contributed by atoms with Crippen LogP contribution in [0.4, 0.5) is 0 Å². The highest BCUT2D eigenvalue weighted by Gasteiger charge is 2.28. The van der Waals surface area contributed by atoms with Crippen LogP contribution in [0.5, 0.6) is 0 Å². The predicted molar refractivity (Wildman–Crippen MR) is 230 cm³/mol. The Morgan fingerprint density at radius 2 is 1.11 bits per heavy atom. The molecule has 3 N–H and O–H groups in total. The molecule has 0 aliphatic rings. The second-order valence-corrected chi connectivity index (χ2v) is 17.1. The molecule has 3 atom stereocenters. The molecule has 0 saturated heterocycles. The van der Waals surface area contributed by atoms with Gasteiger partial charge in [0.05, 0.1) is 39.9 Å². The van der Waals surface area contributed by atoms with Crippen LogP contribution in [0, 0.1) is 0 Å². The van der Waals surface area contributed by atoms with Crippen LogP contribution < -0.4 is 5.32 Å². The van der Waals surface area contributed by atoms with Crippen molar-refractivity contribution in [2.24, 2.45) is 0 Å². The molecule has 0 aliphatic heterocycles. The van der Waals surface area contributed by atoms with Crippen molar-refractivity contribution >= 4 is 13.7 Å². The van der Waals surface area contributed by atoms with E-state index in [4.69, 9.17) is 9.05 Å². The van der Waals surface area contributed by atoms with E-state index in [0.29, 0.717) is 23.9 Å². The monoisotopic (exact) mass is 780 g/mol. The number of carbonyl (C=O) groups excluding carboxylic acids is 1. The van der Waals surface area contributed by atoms with Gasteiger partial charge in [0.1, 0.15) is 13.2 Å². The normalized spacial score (nSPS) is 15.0. The smallest absolute Gasteiger partial charge is 0.391 e. The molecule has 0 aliphatic carbocycles. The number of aliphatic hydroxyl groups excluding tert-OH is 1. The van der Waals surface area contributed by atoms with Crippen LogP contribution in [-0.4, -0.2) is 73.4 Å². The second kappa shape index (κ2) is 36.8. The van der Waals surface area contributed by atoms with Gasteiger partial charge in [-0.1, -0.05) is 164 Å². The molecule has 314 valence electrons. The van der Waals surface area contributed by atoms with Crippen molar-refractivity contribution in [3.63, 3.8) is 0 Å². The van der Waals surface area contributed by atoms with E-state index < -0.39 is 20.0 Å². The first-order valence-electron chi connectivity index (χ1n) is 21.7. The molecular formula is C45H84N2O6P+. The minimum Gasteiger partial charge on any atom is -0.391 e. The van der Waals surface area contributed by atoms with E-state index in [2.05, 4.69) is 79.9 Å². The Morgan fingerprint density at radius 1 is 0.648 bits per heavy atom. The molecule has 0 saturated carbocycles. The zero-order valence-corrected chi connectivity index (χ0v) is 36.3. The van der Waals surface area contributed by atoms with Gasteiger partial charge in [-0.05, 0) is 57.8 Å². The summed E-state index contributed by atoms with van der Waals surface area (Å²) in [5.74, 6) is -0.179. The zero-order chi connectivity index (χ0) is 40.0. The fourth-order valence-corrected chi connectivity index (χ4v) is 6.57. The molecule has 0 heterocycles. The number of aliphatic hydroxyl groups is 1. The van der Waals surface area contributed by atoms with Gasteiger partial charge in [0.15, 0.2) is 0 Å². The number of phosphoric acid groups is 1. The molecule has 9 heteroatoms. The average Bonchev–Trinajstić information content (AvgIpc) is 3.12. The Labute approximate surface area is 332 Å². The Kier molecular flexibility index (Phi) is 35.6. The molecule has 8 nitrogen and oxygen atoms in total. The molecule has 0 aromatic rings. The number of hydrogen-bond acceptors (Lipinski definition) is 5. The molecule has 0 bridgehead atoms. The lowest BCUT2D eigenvalue weighted by Crippen LogP contribution is -2.46. The van der Waals surface area contributed by atoms with E-state index in [9.17, 15) is 19.4 Å². The van der Waals surface area contributed by atoms with Crippen LogP contribution in [-0.2, 0) is 18.4 Å². The molecule has 54 heavy (non-hydrogen) atoms. The first-order valence-corrected chi connectivity index (χ1v) is 23.1. The van der Waals surface area contributed by atoms with E-state index in [1.54, 1.807) is 0 Å². The Bertz CT molecular complexity index is 1060. The summed E-state index contributed by atoms with van der Waals surface area (Å²) in [7, 11) is 1.58. The predicted octanol–water partition coefficient (Wildman–Crippen LogP) is 11.9. The standard InChI is InChI=1S/C45H83N2O6P/c1-6-8-10-12-14-16-18-20-21-22-23-24-25-27-29-31-33-35-37-39-45(49)46-43(42-53-54(50,51)52-41-40-47(3,4)5)44(48)38-36-34-32-30-28-26-19-17-15-13-11-9-7-2/h8,10,14,16,20-21,23-24,27,29,43-44,48H,6-7,9,11-13,15,17-19,22,25-26,28,30-42H2,1-5H3,(H-,46,49,50,51)/p+1/b10-8-,16-14-,21-20-,24-23-,29-27-. The Morgan fingerprint density at radius 3 is 1.61 bits per heavy atom. The number of rotatable bonds is 38. The quantitative estimate of drug-likeness (QED) is 0.0249. The van der Waals surface area contributed by atoms with Gasteiger partial charge in [0.2, 0.25) is 5.91 Å². The van der Waals surface area contributed by atoms with Crippen LogP contribution in [0.1, 0.15) is 168 Å². The van der Waals surface area contributed by atoms with Gasteiger partial charge in [0, 0.05) is 6.42 Å². The number of nitrogens with zero attached hydrogens (tertiary/aromatic N) is 1. The highest BCUT2D eigenvalue weighted by Crippen LogP contribution is 2.43. The fraction of sp³-hybridized carbons (Fsp3) is 0.756. The summed E-state index contributed by atoms with van der Waals surface area (Å²) in [4.78, 5) is 23.1. The number of nitrogens with one attached hydrogen (secondary N) is 1. The number of amides is 1. The van der Waals surface area contributed by atoms with Crippen molar-refractivity contribution in [3.05, 3.63) is 60.8 Å². The van der Waals surface area contributed by atoms with Gasteiger partial charge in [-0.3, -0.25) is 13.8 Å². The van der Waals surface area contributed by atoms with E-state index >= 15 is 0 Å².